The van der Waals surface area contributed by atoms with E-state index in [4.69, 9.17) is 0 Å². The molecule has 4 rings (SSSR count). The quantitative estimate of drug-likeness (QED) is 0.483. The molecule has 1 aliphatic heterocycles. The third kappa shape index (κ3) is 5.64. The normalized spacial score (nSPS) is 16.4. The number of halogens is 4. The van der Waals surface area contributed by atoms with Gasteiger partial charge in [-0.25, -0.2) is 9.37 Å². The van der Waals surface area contributed by atoms with Gasteiger partial charge in [-0.2, -0.15) is 13.2 Å². The molecule has 38 heavy (non-hydrogen) atoms. The number of likely N-dealkylation sites (N-methyl/N-ethyl adjacent to an activating group) is 1. The molecule has 3 aromatic rings. The standard InChI is InChI=1S/C26H28F4N6O2/c1-15-14-36(8-7-35(15)4)22-11-20(27)17(16-5-6-23(31-12-16)34(2)3)9-21(22)33-25(38)18-13-32-24(37)10-19(18)26(28,29)30/h5-6,9-13,15H,7-8,14H2,1-4H3,(H,32,37)(H,33,38)/t15-/m1/s1. The van der Waals surface area contributed by atoms with Gasteiger partial charge in [0.2, 0.25) is 5.56 Å². The number of pyridine rings is 2. The Kier molecular flexibility index (Phi) is 7.45. The highest BCUT2D eigenvalue weighted by Gasteiger charge is 2.36. The molecule has 8 nitrogen and oxygen atoms in total. The van der Waals surface area contributed by atoms with Crippen molar-refractivity contribution in [2.45, 2.75) is 19.1 Å². The Bertz CT molecular complexity index is 1390. The van der Waals surface area contributed by atoms with Crippen molar-refractivity contribution in [2.75, 3.05) is 55.9 Å². The van der Waals surface area contributed by atoms with Crippen LogP contribution in [0.15, 0.2) is 47.5 Å². The molecule has 0 radical (unpaired) electrons. The molecule has 1 aliphatic rings. The van der Waals surface area contributed by atoms with Gasteiger partial charge in [0.05, 0.1) is 22.5 Å². The Morgan fingerprint density at radius 1 is 1.18 bits per heavy atom. The maximum Gasteiger partial charge on any atom is 0.417 e. The van der Waals surface area contributed by atoms with Crippen LogP contribution in [0.5, 0.6) is 0 Å². The lowest BCUT2D eigenvalue weighted by molar-refractivity contribution is -0.138. The first-order valence-electron chi connectivity index (χ1n) is 11.9. The molecule has 0 aliphatic carbocycles. The summed E-state index contributed by atoms with van der Waals surface area (Å²) in [6.45, 7) is 3.72. The zero-order chi connectivity index (χ0) is 27.8. The van der Waals surface area contributed by atoms with E-state index in [1.165, 1.54) is 18.3 Å². The van der Waals surface area contributed by atoms with Crippen LogP contribution in [0.4, 0.5) is 34.8 Å². The van der Waals surface area contributed by atoms with E-state index < -0.39 is 34.6 Å². The predicted molar refractivity (Wildman–Crippen MR) is 138 cm³/mol. The van der Waals surface area contributed by atoms with Gasteiger partial charge in [-0.3, -0.25) is 9.59 Å². The Morgan fingerprint density at radius 2 is 1.92 bits per heavy atom. The van der Waals surface area contributed by atoms with Crippen molar-refractivity contribution in [3.63, 3.8) is 0 Å². The molecule has 12 heteroatoms. The van der Waals surface area contributed by atoms with Crippen LogP contribution in [-0.2, 0) is 6.18 Å². The highest BCUT2D eigenvalue weighted by atomic mass is 19.4. The van der Waals surface area contributed by atoms with Crippen LogP contribution < -0.4 is 20.7 Å². The summed E-state index contributed by atoms with van der Waals surface area (Å²) in [6.07, 6.45) is -2.71. The number of alkyl halides is 3. The number of nitrogens with zero attached hydrogens (tertiary/aromatic N) is 4. The van der Waals surface area contributed by atoms with Crippen LogP contribution in [0.25, 0.3) is 11.1 Å². The zero-order valence-corrected chi connectivity index (χ0v) is 21.4. The fourth-order valence-corrected chi connectivity index (χ4v) is 4.31. The summed E-state index contributed by atoms with van der Waals surface area (Å²) >= 11 is 0. The molecule has 3 heterocycles. The lowest BCUT2D eigenvalue weighted by Crippen LogP contribution is -2.50. The number of piperazine rings is 1. The average Bonchev–Trinajstić information content (AvgIpc) is 2.86. The van der Waals surface area contributed by atoms with E-state index in [-0.39, 0.29) is 17.3 Å². The van der Waals surface area contributed by atoms with Crippen molar-refractivity contribution in [2.24, 2.45) is 0 Å². The van der Waals surface area contributed by atoms with E-state index in [9.17, 15) is 22.8 Å². The second-order valence-corrected chi connectivity index (χ2v) is 9.50. The van der Waals surface area contributed by atoms with Crippen LogP contribution in [0, 0.1) is 5.82 Å². The fraction of sp³-hybridized carbons (Fsp3) is 0.346. The first-order valence-corrected chi connectivity index (χ1v) is 11.9. The number of H-pyrrole nitrogens is 1. The number of hydrogen-bond donors (Lipinski definition) is 2. The van der Waals surface area contributed by atoms with Crippen molar-refractivity contribution in [1.82, 2.24) is 14.9 Å². The van der Waals surface area contributed by atoms with Gasteiger partial charge >= 0.3 is 6.18 Å². The summed E-state index contributed by atoms with van der Waals surface area (Å²) in [4.78, 5) is 36.9. The third-order valence-corrected chi connectivity index (χ3v) is 6.63. The van der Waals surface area contributed by atoms with E-state index in [1.54, 1.807) is 17.0 Å². The van der Waals surface area contributed by atoms with Crippen LogP contribution >= 0.6 is 0 Å². The maximum absolute atomic E-state index is 15.5. The number of anilines is 3. The first kappa shape index (κ1) is 27.1. The van der Waals surface area contributed by atoms with Crippen molar-refractivity contribution < 1.29 is 22.4 Å². The molecule has 0 unspecified atom stereocenters. The molecule has 1 saturated heterocycles. The Balaban J connectivity index is 1.79. The van der Waals surface area contributed by atoms with E-state index in [1.807, 2.05) is 33.0 Å². The maximum atomic E-state index is 15.5. The van der Waals surface area contributed by atoms with E-state index in [0.29, 0.717) is 42.8 Å². The Hall–Kier alpha value is -3.93. The monoisotopic (exact) mass is 532 g/mol. The van der Waals surface area contributed by atoms with Crippen LogP contribution in [0.1, 0.15) is 22.8 Å². The van der Waals surface area contributed by atoms with Gasteiger partial charge < -0.3 is 25.0 Å². The summed E-state index contributed by atoms with van der Waals surface area (Å²) in [7, 11) is 5.59. The first-order chi connectivity index (χ1) is 17.8. The van der Waals surface area contributed by atoms with Gasteiger partial charge in [-0.1, -0.05) is 0 Å². The van der Waals surface area contributed by atoms with Crippen molar-refractivity contribution in [3.05, 3.63) is 70.0 Å². The van der Waals surface area contributed by atoms with Gasteiger partial charge in [0.25, 0.3) is 5.91 Å². The summed E-state index contributed by atoms with van der Waals surface area (Å²) in [5, 5.41) is 2.54. The molecule has 0 saturated carbocycles. The number of carbonyl (C=O) groups is 1. The van der Waals surface area contributed by atoms with Gasteiger partial charge in [-0.15, -0.1) is 0 Å². The summed E-state index contributed by atoms with van der Waals surface area (Å²) < 4.78 is 56.3. The van der Waals surface area contributed by atoms with Gasteiger partial charge in [0.15, 0.2) is 0 Å². The SMILES string of the molecule is C[C@@H]1CN(c2cc(F)c(-c3ccc(N(C)C)nc3)cc2NC(=O)c2c[nH]c(=O)cc2C(F)(F)F)CCN1C. The largest absolute Gasteiger partial charge is 0.417 e. The minimum atomic E-state index is -4.93. The minimum Gasteiger partial charge on any atom is -0.367 e. The fourth-order valence-electron chi connectivity index (χ4n) is 4.31. The van der Waals surface area contributed by atoms with Gasteiger partial charge in [-0.05, 0) is 38.2 Å². The van der Waals surface area contributed by atoms with E-state index in [0.717, 1.165) is 6.20 Å². The molecule has 1 aromatic carbocycles. The summed E-state index contributed by atoms with van der Waals surface area (Å²) in [5.74, 6) is -0.997. The second kappa shape index (κ2) is 10.4. The number of aromatic amines is 1. The number of amides is 1. The molecular formula is C26H28F4N6O2. The van der Waals surface area contributed by atoms with Crippen LogP contribution in [-0.4, -0.2) is 67.6 Å². The van der Waals surface area contributed by atoms with E-state index in [2.05, 4.69) is 20.2 Å². The number of carbonyl (C=O) groups excluding carboxylic acids is 1. The lowest BCUT2D eigenvalue weighted by atomic mass is 10.0. The number of rotatable bonds is 5. The summed E-state index contributed by atoms with van der Waals surface area (Å²) in [5.41, 5.74) is -2.06. The average molecular weight is 533 g/mol. The number of aromatic nitrogens is 2. The minimum absolute atomic E-state index is 0.119. The highest BCUT2D eigenvalue weighted by Crippen LogP contribution is 2.37. The Morgan fingerprint density at radius 3 is 2.53 bits per heavy atom. The molecular weight excluding hydrogens is 504 g/mol. The Labute approximate surface area is 216 Å². The molecule has 202 valence electrons. The number of nitrogens with one attached hydrogen (secondary N) is 2. The highest BCUT2D eigenvalue weighted by molar-refractivity contribution is 6.07. The molecule has 0 bridgehead atoms. The molecule has 1 amide bonds. The van der Waals surface area contributed by atoms with Crippen molar-refractivity contribution >= 4 is 23.1 Å². The van der Waals surface area contributed by atoms with Crippen molar-refractivity contribution in [1.29, 1.82) is 0 Å². The molecule has 2 N–H and O–H groups in total. The lowest BCUT2D eigenvalue weighted by Gasteiger charge is -2.39. The third-order valence-electron chi connectivity index (χ3n) is 6.63. The van der Waals surface area contributed by atoms with Gasteiger partial charge in [0, 0.05) is 69.4 Å². The van der Waals surface area contributed by atoms with Crippen LogP contribution in [0.2, 0.25) is 0 Å². The van der Waals surface area contributed by atoms with Crippen molar-refractivity contribution in [3.8, 4) is 11.1 Å². The molecule has 2 aromatic heterocycles. The molecule has 0 spiro atoms. The summed E-state index contributed by atoms with van der Waals surface area (Å²) in [6, 6.07) is 6.52. The number of benzene rings is 1. The molecule has 1 atom stereocenters. The topological polar surface area (TPSA) is 84.6 Å². The second-order valence-electron chi connectivity index (χ2n) is 9.50. The van der Waals surface area contributed by atoms with Gasteiger partial charge in [0.1, 0.15) is 11.6 Å². The van der Waals surface area contributed by atoms with E-state index >= 15 is 4.39 Å². The van der Waals surface area contributed by atoms with Crippen LogP contribution in [0.3, 0.4) is 0 Å². The predicted octanol–water partition coefficient (Wildman–Crippen LogP) is 4.05. The smallest absolute Gasteiger partial charge is 0.367 e. The zero-order valence-electron chi connectivity index (χ0n) is 21.4. The molecule has 1 fully saturated rings. The number of hydrogen-bond acceptors (Lipinski definition) is 6.